The average Bonchev–Trinajstić information content (AvgIpc) is 2.74. The largest absolute Gasteiger partial charge is 0.490 e. The summed E-state index contributed by atoms with van der Waals surface area (Å²) >= 11 is 0. The predicted molar refractivity (Wildman–Crippen MR) is 131 cm³/mol. The number of benzene rings is 2. The summed E-state index contributed by atoms with van der Waals surface area (Å²) in [7, 11) is 0. The number of aromatic carboxylic acids is 1. The molecule has 0 aliphatic carbocycles. The lowest BCUT2D eigenvalue weighted by molar-refractivity contribution is 0.0694. The number of ether oxygens (including phenoxy) is 1. The molecular weight excluding hydrogens is 400 g/mol. The quantitative estimate of drug-likeness (QED) is 0.217. The molecule has 2 rings (SSSR count). The van der Waals surface area contributed by atoms with Crippen LogP contribution in [0.2, 0.25) is 0 Å². The third kappa shape index (κ3) is 7.08. The zero-order chi connectivity index (χ0) is 23.7. The summed E-state index contributed by atoms with van der Waals surface area (Å²) in [6.45, 7) is 9.51. The van der Waals surface area contributed by atoms with Gasteiger partial charge in [0.15, 0.2) is 5.78 Å². The van der Waals surface area contributed by atoms with Crippen molar-refractivity contribution in [2.24, 2.45) is 0 Å². The average molecular weight is 437 g/mol. The first kappa shape index (κ1) is 25.4. The Morgan fingerprint density at radius 3 is 2.28 bits per heavy atom. The highest BCUT2D eigenvalue weighted by atomic mass is 16.5. The van der Waals surface area contributed by atoms with Gasteiger partial charge in [-0.25, -0.2) is 4.79 Å². The van der Waals surface area contributed by atoms with Gasteiger partial charge in [0.05, 0.1) is 11.7 Å². The van der Waals surface area contributed by atoms with Crippen molar-refractivity contribution in [3.05, 3.63) is 69.8 Å². The van der Waals surface area contributed by atoms with Crippen LogP contribution in [0.5, 0.6) is 5.75 Å². The van der Waals surface area contributed by atoms with E-state index in [2.05, 4.69) is 6.92 Å². The number of ketones is 1. The van der Waals surface area contributed by atoms with E-state index in [9.17, 15) is 14.7 Å². The first-order chi connectivity index (χ1) is 15.2. The second-order valence-electron chi connectivity index (χ2n) is 8.64. The van der Waals surface area contributed by atoms with Crippen LogP contribution in [0.3, 0.4) is 0 Å². The van der Waals surface area contributed by atoms with Crippen LogP contribution < -0.4 is 4.74 Å². The van der Waals surface area contributed by atoms with Gasteiger partial charge in [-0.05, 0) is 69.9 Å². The van der Waals surface area contributed by atoms with E-state index in [1.165, 1.54) is 43.7 Å². The van der Waals surface area contributed by atoms with Crippen LogP contribution in [-0.4, -0.2) is 23.0 Å². The third-order valence-corrected chi connectivity index (χ3v) is 5.53. The van der Waals surface area contributed by atoms with Crippen molar-refractivity contribution in [1.29, 1.82) is 0 Å². The van der Waals surface area contributed by atoms with Gasteiger partial charge in [0.2, 0.25) is 0 Å². The molecule has 0 atom stereocenters. The van der Waals surface area contributed by atoms with Gasteiger partial charge in [0.25, 0.3) is 0 Å². The normalized spacial score (nSPS) is 11.3. The number of unbranched alkanes of at least 4 members (excludes halogenated alkanes) is 4. The molecule has 2 aromatic rings. The summed E-state index contributed by atoms with van der Waals surface area (Å²) in [4.78, 5) is 24.4. The highest BCUT2D eigenvalue weighted by molar-refractivity contribution is 6.07. The maximum Gasteiger partial charge on any atom is 0.336 e. The standard InChI is InChI=1S/C28H36O4/c1-6-7-8-9-10-11-22-12-14-23(15-13-22)25(29)17-16-24-18-20(4)26(28(30)31)21(5)27(24)32-19(2)3/h12-19H,6-11H2,1-5H3,(H,30,31). The van der Waals surface area contributed by atoms with Gasteiger partial charge < -0.3 is 9.84 Å². The third-order valence-electron chi connectivity index (χ3n) is 5.53. The van der Waals surface area contributed by atoms with Crippen molar-refractivity contribution in [2.45, 2.75) is 79.2 Å². The highest BCUT2D eigenvalue weighted by Crippen LogP contribution is 2.31. The Balaban J connectivity index is 2.16. The number of hydrogen-bond acceptors (Lipinski definition) is 3. The first-order valence-electron chi connectivity index (χ1n) is 11.6. The SMILES string of the molecule is CCCCCCCc1ccc(C(=O)C=Cc2cc(C)c(C(=O)O)c(C)c2OC(C)C)cc1. The van der Waals surface area contributed by atoms with Crippen LogP contribution in [0.25, 0.3) is 6.08 Å². The zero-order valence-electron chi connectivity index (χ0n) is 20.0. The number of allylic oxidation sites excluding steroid dienone is 1. The van der Waals surface area contributed by atoms with E-state index in [0.29, 0.717) is 28.0 Å². The number of carboxylic acid groups (broad SMARTS) is 1. The van der Waals surface area contributed by atoms with Crippen molar-refractivity contribution in [3.8, 4) is 5.75 Å². The molecule has 4 heteroatoms. The molecule has 0 saturated heterocycles. The molecule has 0 spiro atoms. The van der Waals surface area contributed by atoms with Crippen LogP contribution in [-0.2, 0) is 6.42 Å². The second-order valence-corrected chi connectivity index (χ2v) is 8.64. The van der Waals surface area contributed by atoms with Crippen LogP contribution >= 0.6 is 0 Å². The Bertz CT molecular complexity index is 952. The molecule has 0 unspecified atom stereocenters. The summed E-state index contributed by atoms with van der Waals surface area (Å²) in [6, 6.07) is 9.58. The fraction of sp³-hybridized carbons (Fsp3) is 0.429. The lowest BCUT2D eigenvalue weighted by Crippen LogP contribution is -2.12. The summed E-state index contributed by atoms with van der Waals surface area (Å²) in [5.41, 5.74) is 4.05. The Morgan fingerprint density at radius 2 is 1.69 bits per heavy atom. The molecule has 0 aliphatic rings. The summed E-state index contributed by atoms with van der Waals surface area (Å²) in [5, 5.41) is 9.55. The Morgan fingerprint density at radius 1 is 1.03 bits per heavy atom. The van der Waals surface area contributed by atoms with E-state index in [-0.39, 0.29) is 17.5 Å². The molecule has 1 N–H and O–H groups in total. The molecule has 0 heterocycles. The van der Waals surface area contributed by atoms with Crippen molar-refractivity contribution in [1.82, 2.24) is 0 Å². The maximum atomic E-state index is 12.7. The summed E-state index contributed by atoms with van der Waals surface area (Å²) in [5.74, 6) is -0.566. The fourth-order valence-corrected chi connectivity index (χ4v) is 3.87. The van der Waals surface area contributed by atoms with Crippen molar-refractivity contribution in [2.75, 3.05) is 0 Å². The summed E-state index contributed by atoms with van der Waals surface area (Å²) < 4.78 is 5.91. The number of carbonyl (C=O) groups excluding carboxylic acids is 1. The van der Waals surface area contributed by atoms with Crippen LogP contribution in [0.1, 0.15) is 95.8 Å². The molecule has 172 valence electrons. The molecule has 0 radical (unpaired) electrons. The topological polar surface area (TPSA) is 63.6 Å². The Hall–Kier alpha value is -2.88. The number of rotatable bonds is 12. The van der Waals surface area contributed by atoms with Gasteiger partial charge in [0, 0.05) is 16.7 Å². The van der Waals surface area contributed by atoms with Gasteiger partial charge in [-0.2, -0.15) is 0 Å². The minimum atomic E-state index is -0.981. The lowest BCUT2D eigenvalue weighted by Gasteiger charge is -2.18. The number of carbonyl (C=O) groups is 2. The number of aryl methyl sites for hydroxylation is 2. The van der Waals surface area contributed by atoms with Crippen molar-refractivity contribution in [3.63, 3.8) is 0 Å². The highest BCUT2D eigenvalue weighted by Gasteiger charge is 2.19. The Kier molecular flexibility index (Phi) is 9.70. The van der Waals surface area contributed by atoms with E-state index in [0.717, 1.165) is 6.42 Å². The van der Waals surface area contributed by atoms with E-state index in [4.69, 9.17) is 4.74 Å². The van der Waals surface area contributed by atoms with Gasteiger partial charge in [-0.3, -0.25) is 4.79 Å². The zero-order valence-corrected chi connectivity index (χ0v) is 20.0. The van der Waals surface area contributed by atoms with Gasteiger partial charge >= 0.3 is 5.97 Å². The second kappa shape index (κ2) is 12.2. The van der Waals surface area contributed by atoms with Crippen molar-refractivity contribution < 1.29 is 19.4 Å². The monoisotopic (exact) mass is 436 g/mol. The molecule has 0 fully saturated rings. The molecule has 0 saturated carbocycles. The molecule has 0 amide bonds. The minimum absolute atomic E-state index is 0.0902. The molecule has 32 heavy (non-hydrogen) atoms. The smallest absolute Gasteiger partial charge is 0.336 e. The first-order valence-corrected chi connectivity index (χ1v) is 11.6. The lowest BCUT2D eigenvalue weighted by atomic mass is 9.96. The van der Waals surface area contributed by atoms with E-state index in [1.807, 2.05) is 38.1 Å². The van der Waals surface area contributed by atoms with E-state index < -0.39 is 5.97 Å². The summed E-state index contributed by atoms with van der Waals surface area (Å²) in [6.07, 6.45) is 10.4. The van der Waals surface area contributed by atoms with Gasteiger partial charge in [0.1, 0.15) is 5.75 Å². The maximum absolute atomic E-state index is 12.7. The minimum Gasteiger partial charge on any atom is -0.490 e. The van der Waals surface area contributed by atoms with Crippen molar-refractivity contribution >= 4 is 17.8 Å². The van der Waals surface area contributed by atoms with Crippen LogP contribution in [0.4, 0.5) is 0 Å². The molecule has 4 nitrogen and oxygen atoms in total. The molecular formula is C28H36O4. The molecule has 2 aromatic carbocycles. The number of hydrogen-bond donors (Lipinski definition) is 1. The van der Waals surface area contributed by atoms with Gasteiger partial charge in [-0.15, -0.1) is 0 Å². The number of carboxylic acids is 1. The fourth-order valence-electron chi connectivity index (χ4n) is 3.87. The predicted octanol–water partition coefficient (Wildman–Crippen LogP) is 7.20. The molecule has 0 aromatic heterocycles. The van der Waals surface area contributed by atoms with Crippen LogP contribution in [0.15, 0.2) is 36.4 Å². The Labute approximate surface area is 192 Å². The van der Waals surface area contributed by atoms with Crippen LogP contribution in [0, 0.1) is 13.8 Å². The van der Waals surface area contributed by atoms with E-state index >= 15 is 0 Å². The van der Waals surface area contributed by atoms with E-state index in [1.54, 1.807) is 26.0 Å². The van der Waals surface area contributed by atoms with Gasteiger partial charge in [-0.1, -0.05) is 56.9 Å². The molecule has 0 aliphatic heterocycles. The molecule has 0 bridgehead atoms.